The summed E-state index contributed by atoms with van der Waals surface area (Å²) in [6.45, 7) is 7.67. The van der Waals surface area contributed by atoms with Crippen molar-refractivity contribution in [3.8, 4) is 5.75 Å². The van der Waals surface area contributed by atoms with Gasteiger partial charge < -0.3 is 19.3 Å². The molecule has 2 rings (SSSR count). The van der Waals surface area contributed by atoms with Crippen LogP contribution in [-0.4, -0.2) is 67.8 Å². The Morgan fingerprint density at radius 3 is 2.58 bits per heavy atom. The first-order valence-corrected chi connectivity index (χ1v) is 8.85. The van der Waals surface area contributed by atoms with Crippen molar-refractivity contribution in [1.82, 2.24) is 4.90 Å². The highest BCUT2D eigenvalue weighted by molar-refractivity contribution is 9.10. The van der Waals surface area contributed by atoms with Gasteiger partial charge in [0.25, 0.3) is 0 Å². The van der Waals surface area contributed by atoms with E-state index >= 15 is 0 Å². The number of ether oxygens (including phenoxy) is 3. The summed E-state index contributed by atoms with van der Waals surface area (Å²) in [6, 6.07) is 7.70. The molecule has 0 radical (unpaired) electrons. The van der Waals surface area contributed by atoms with Crippen LogP contribution in [0.4, 0.5) is 0 Å². The molecule has 1 fully saturated rings. The summed E-state index contributed by atoms with van der Waals surface area (Å²) >= 11 is 3.43. The molecule has 1 saturated heterocycles. The lowest BCUT2D eigenvalue weighted by Crippen LogP contribution is -2.48. The van der Waals surface area contributed by atoms with Gasteiger partial charge in [0.1, 0.15) is 12.4 Å². The van der Waals surface area contributed by atoms with E-state index in [9.17, 15) is 5.11 Å². The molecule has 1 aromatic rings. The Morgan fingerprint density at radius 1 is 1.25 bits per heavy atom. The van der Waals surface area contributed by atoms with E-state index in [1.54, 1.807) is 0 Å². The summed E-state index contributed by atoms with van der Waals surface area (Å²) in [5, 5.41) is 10.1. The van der Waals surface area contributed by atoms with Crippen LogP contribution < -0.4 is 4.74 Å². The summed E-state index contributed by atoms with van der Waals surface area (Å²) in [5.41, 5.74) is 0. The molecule has 1 heterocycles. The Bertz CT molecular complexity index is 470. The molecule has 1 aliphatic rings. The number of benzene rings is 1. The first-order chi connectivity index (χ1) is 11.0. The molecule has 0 amide bonds. The van der Waals surface area contributed by atoms with Crippen molar-refractivity contribution in [2.24, 2.45) is 0 Å². The van der Waals surface area contributed by atoms with Crippen molar-refractivity contribution in [3.05, 3.63) is 28.7 Å². The quantitative estimate of drug-likeness (QED) is 0.650. The van der Waals surface area contributed by atoms with Crippen LogP contribution in [0.2, 0.25) is 0 Å². The number of halogens is 2. The molecule has 1 aromatic carbocycles. The van der Waals surface area contributed by atoms with Crippen molar-refractivity contribution in [2.75, 3.05) is 39.5 Å². The first kappa shape index (κ1) is 21.7. The molecule has 0 aliphatic carbocycles. The topological polar surface area (TPSA) is 51.2 Å². The molecule has 7 heteroatoms. The van der Waals surface area contributed by atoms with Gasteiger partial charge in [-0.05, 0) is 41.9 Å². The number of aliphatic hydroxyl groups is 1. The third-order valence-corrected chi connectivity index (χ3v) is 4.25. The lowest BCUT2D eigenvalue weighted by atomic mass is 10.2. The second kappa shape index (κ2) is 11.3. The zero-order valence-electron chi connectivity index (χ0n) is 14.2. The van der Waals surface area contributed by atoms with Crippen LogP contribution in [0.3, 0.4) is 0 Å². The lowest BCUT2D eigenvalue weighted by molar-refractivity contribution is -0.0824. The molecule has 3 atom stereocenters. The van der Waals surface area contributed by atoms with Crippen LogP contribution in [-0.2, 0) is 9.47 Å². The minimum atomic E-state index is -0.490. The predicted octanol–water partition coefficient (Wildman–Crippen LogP) is 2.74. The van der Waals surface area contributed by atoms with Crippen LogP contribution in [0, 0.1) is 0 Å². The molecule has 0 aromatic heterocycles. The highest BCUT2D eigenvalue weighted by atomic mass is 79.9. The number of rotatable bonds is 8. The van der Waals surface area contributed by atoms with Gasteiger partial charge >= 0.3 is 0 Å². The molecular weight excluding hydrogens is 398 g/mol. The van der Waals surface area contributed by atoms with Crippen molar-refractivity contribution in [1.29, 1.82) is 0 Å². The second-order valence-corrected chi connectivity index (χ2v) is 6.84. The summed E-state index contributed by atoms with van der Waals surface area (Å²) in [4.78, 5) is 2.23. The Morgan fingerprint density at radius 2 is 1.92 bits per heavy atom. The Labute approximate surface area is 158 Å². The van der Waals surface area contributed by atoms with Gasteiger partial charge in [-0.15, -0.1) is 12.4 Å². The van der Waals surface area contributed by atoms with Crippen molar-refractivity contribution >= 4 is 28.3 Å². The molecule has 0 bridgehead atoms. The fourth-order valence-corrected chi connectivity index (χ4v) is 3.18. The number of hydrogen-bond acceptors (Lipinski definition) is 5. The fraction of sp³-hybridized carbons (Fsp3) is 0.647. The normalized spacial score (nSPS) is 22.7. The van der Waals surface area contributed by atoms with Crippen LogP contribution in [0.25, 0.3) is 0 Å². The molecule has 1 N–H and O–H groups in total. The standard InChI is InChI=1S/C17H26BrNO4.ClH/c1-13-9-19(10-14(2)23-13)11-15(20)12-21-7-8-22-17-6-4-3-5-16(17)18;/h3-6,13-15,20H,7-12H2,1-2H3;1H. The maximum atomic E-state index is 10.1. The summed E-state index contributed by atoms with van der Waals surface area (Å²) in [5.74, 6) is 0.799. The van der Waals surface area contributed by atoms with Crippen LogP contribution in [0.1, 0.15) is 13.8 Å². The Balaban J connectivity index is 0.00000288. The van der Waals surface area contributed by atoms with E-state index in [-0.39, 0.29) is 24.6 Å². The molecular formula is C17H27BrClNO4. The van der Waals surface area contributed by atoms with E-state index < -0.39 is 6.10 Å². The number of β-amino-alcohol motifs (C(OH)–C–C–N with tert-alkyl or cyclic N) is 1. The first-order valence-electron chi connectivity index (χ1n) is 8.05. The number of para-hydroxylation sites is 1. The number of aliphatic hydroxyl groups excluding tert-OH is 1. The molecule has 5 nitrogen and oxygen atoms in total. The zero-order valence-corrected chi connectivity index (χ0v) is 16.6. The van der Waals surface area contributed by atoms with Crippen molar-refractivity contribution < 1.29 is 19.3 Å². The van der Waals surface area contributed by atoms with Gasteiger partial charge in [0.05, 0.1) is 36.0 Å². The van der Waals surface area contributed by atoms with Gasteiger partial charge in [-0.3, -0.25) is 4.90 Å². The van der Waals surface area contributed by atoms with E-state index in [0.29, 0.717) is 26.4 Å². The minimum absolute atomic E-state index is 0. The fourth-order valence-electron chi connectivity index (χ4n) is 2.78. The third-order valence-electron chi connectivity index (χ3n) is 3.60. The summed E-state index contributed by atoms with van der Waals surface area (Å²) < 4.78 is 17.7. The number of nitrogens with zero attached hydrogens (tertiary/aromatic N) is 1. The summed E-state index contributed by atoms with van der Waals surface area (Å²) in [7, 11) is 0. The van der Waals surface area contributed by atoms with E-state index in [1.807, 2.05) is 24.3 Å². The minimum Gasteiger partial charge on any atom is -0.490 e. The molecule has 3 unspecified atom stereocenters. The molecule has 0 spiro atoms. The molecule has 138 valence electrons. The third kappa shape index (κ3) is 7.68. The van der Waals surface area contributed by atoms with E-state index in [4.69, 9.17) is 14.2 Å². The van der Waals surface area contributed by atoms with Gasteiger partial charge in [-0.2, -0.15) is 0 Å². The molecule has 24 heavy (non-hydrogen) atoms. The van der Waals surface area contributed by atoms with E-state index in [2.05, 4.69) is 34.7 Å². The predicted molar refractivity (Wildman–Crippen MR) is 100 cm³/mol. The maximum absolute atomic E-state index is 10.1. The van der Waals surface area contributed by atoms with Crippen LogP contribution in [0.5, 0.6) is 5.75 Å². The average Bonchev–Trinajstić information content (AvgIpc) is 2.47. The van der Waals surface area contributed by atoms with E-state index in [1.165, 1.54) is 0 Å². The maximum Gasteiger partial charge on any atom is 0.133 e. The number of morpholine rings is 1. The van der Waals surface area contributed by atoms with Crippen molar-refractivity contribution in [2.45, 2.75) is 32.2 Å². The second-order valence-electron chi connectivity index (χ2n) is 5.98. The van der Waals surface area contributed by atoms with Crippen LogP contribution >= 0.6 is 28.3 Å². The SMILES string of the molecule is CC1CN(CC(O)COCCOc2ccccc2Br)CC(C)O1.Cl. The van der Waals surface area contributed by atoms with Crippen molar-refractivity contribution in [3.63, 3.8) is 0 Å². The Kier molecular flexibility index (Phi) is 10.2. The average molecular weight is 425 g/mol. The Hall–Kier alpha value is -0.370. The highest BCUT2D eigenvalue weighted by Gasteiger charge is 2.23. The molecule has 0 saturated carbocycles. The smallest absolute Gasteiger partial charge is 0.133 e. The van der Waals surface area contributed by atoms with Gasteiger partial charge in [-0.25, -0.2) is 0 Å². The van der Waals surface area contributed by atoms with Gasteiger partial charge in [0.15, 0.2) is 0 Å². The van der Waals surface area contributed by atoms with Gasteiger partial charge in [-0.1, -0.05) is 12.1 Å². The van der Waals surface area contributed by atoms with Gasteiger partial charge in [0.2, 0.25) is 0 Å². The largest absolute Gasteiger partial charge is 0.490 e. The lowest BCUT2D eigenvalue weighted by Gasteiger charge is -2.36. The van der Waals surface area contributed by atoms with E-state index in [0.717, 1.165) is 23.3 Å². The zero-order chi connectivity index (χ0) is 16.7. The van der Waals surface area contributed by atoms with Crippen LogP contribution in [0.15, 0.2) is 28.7 Å². The summed E-state index contributed by atoms with van der Waals surface area (Å²) in [6.07, 6.45) is -0.0647. The monoisotopic (exact) mass is 423 g/mol. The molecule has 1 aliphatic heterocycles. The van der Waals surface area contributed by atoms with Gasteiger partial charge in [0, 0.05) is 19.6 Å². The number of hydrogen-bond donors (Lipinski definition) is 1. The highest BCUT2D eigenvalue weighted by Crippen LogP contribution is 2.23.